The number of hydrogen-bond donors (Lipinski definition) is 2. The second kappa shape index (κ2) is 6.72. The molecule has 0 saturated heterocycles. The fourth-order valence-corrected chi connectivity index (χ4v) is 3.53. The Kier molecular flexibility index (Phi) is 4.41. The number of phenols is 1. The number of benzene rings is 2. The summed E-state index contributed by atoms with van der Waals surface area (Å²) < 4.78 is 54.1. The van der Waals surface area contributed by atoms with E-state index in [1.54, 1.807) is 0 Å². The van der Waals surface area contributed by atoms with E-state index >= 15 is 0 Å². The SMILES string of the molecule is Cc1c(F)ccc(O)c1-c1cc(C(F)(F)F)ccc1C(=O)N1C(=O)C2C=C1C=CN2. The highest BCUT2D eigenvalue weighted by atomic mass is 19.4. The Labute approximate surface area is 167 Å². The standard InChI is InChI=1S/C21H14F4N2O3/c1-10-15(22)4-5-17(28)18(10)14-8-11(21(23,24)25)2-3-13(14)19(29)27-12-6-7-26-16(9-12)20(27)30/h2-9,16,26,28H,1H3. The van der Waals surface area contributed by atoms with Crippen molar-refractivity contribution in [1.82, 2.24) is 10.2 Å². The molecule has 2 aromatic carbocycles. The van der Waals surface area contributed by atoms with E-state index < -0.39 is 41.2 Å². The Morgan fingerprint density at radius 3 is 2.60 bits per heavy atom. The number of aromatic hydroxyl groups is 1. The molecule has 2 bridgehead atoms. The van der Waals surface area contributed by atoms with E-state index in [2.05, 4.69) is 5.32 Å². The van der Waals surface area contributed by atoms with Gasteiger partial charge >= 0.3 is 6.18 Å². The van der Waals surface area contributed by atoms with Crippen molar-refractivity contribution < 1.29 is 32.3 Å². The first-order chi connectivity index (χ1) is 14.1. The zero-order valence-corrected chi connectivity index (χ0v) is 15.4. The molecule has 5 nitrogen and oxygen atoms in total. The minimum atomic E-state index is -4.73. The van der Waals surface area contributed by atoms with Gasteiger partial charge in [0.25, 0.3) is 11.8 Å². The van der Waals surface area contributed by atoms with Crippen molar-refractivity contribution in [2.45, 2.75) is 19.1 Å². The van der Waals surface area contributed by atoms with Crippen molar-refractivity contribution in [3.8, 4) is 16.9 Å². The van der Waals surface area contributed by atoms with Gasteiger partial charge in [-0.2, -0.15) is 13.2 Å². The normalized spacial score (nSPS) is 17.8. The zero-order valence-electron chi connectivity index (χ0n) is 15.4. The van der Waals surface area contributed by atoms with Crippen LogP contribution < -0.4 is 5.32 Å². The molecule has 30 heavy (non-hydrogen) atoms. The second-order valence-electron chi connectivity index (χ2n) is 6.87. The van der Waals surface area contributed by atoms with Crippen LogP contribution in [0.3, 0.4) is 0 Å². The summed E-state index contributed by atoms with van der Waals surface area (Å²) in [6.07, 6.45) is -0.257. The quantitative estimate of drug-likeness (QED) is 0.574. The number of halogens is 4. The smallest absolute Gasteiger partial charge is 0.416 e. The third-order valence-electron chi connectivity index (χ3n) is 5.04. The third kappa shape index (κ3) is 3.02. The fourth-order valence-electron chi connectivity index (χ4n) is 3.53. The predicted octanol–water partition coefficient (Wildman–Crippen LogP) is 3.88. The first-order valence-corrected chi connectivity index (χ1v) is 8.82. The van der Waals surface area contributed by atoms with Crippen molar-refractivity contribution in [1.29, 1.82) is 0 Å². The minimum Gasteiger partial charge on any atom is -0.507 e. The lowest BCUT2D eigenvalue weighted by molar-refractivity contribution is -0.137. The van der Waals surface area contributed by atoms with E-state index in [1.165, 1.54) is 25.3 Å². The predicted molar refractivity (Wildman–Crippen MR) is 98.6 cm³/mol. The van der Waals surface area contributed by atoms with E-state index in [9.17, 15) is 32.3 Å². The summed E-state index contributed by atoms with van der Waals surface area (Å²) in [6.45, 7) is 1.28. The molecule has 1 unspecified atom stereocenters. The Morgan fingerprint density at radius 2 is 1.93 bits per heavy atom. The lowest BCUT2D eigenvalue weighted by Gasteiger charge is -2.21. The maximum atomic E-state index is 14.1. The molecule has 0 saturated carbocycles. The van der Waals surface area contributed by atoms with Crippen LogP contribution in [-0.4, -0.2) is 27.9 Å². The Bertz CT molecular complexity index is 1150. The Morgan fingerprint density at radius 1 is 1.20 bits per heavy atom. The van der Waals surface area contributed by atoms with Gasteiger partial charge in [-0.3, -0.25) is 9.59 Å². The number of nitrogens with zero attached hydrogens (tertiary/aromatic N) is 1. The summed E-state index contributed by atoms with van der Waals surface area (Å²) in [5.74, 6) is -2.73. The van der Waals surface area contributed by atoms with Crippen LogP contribution in [0.2, 0.25) is 0 Å². The van der Waals surface area contributed by atoms with Gasteiger partial charge in [0.1, 0.15) is 17.6 Å². The lowest BCUT2D eigenvalue weighted by Crippen LogP contribution is -2.39. The van der Waals surface area contributed by atoms with Gasteiger partial charge in [-0.05, 0) is 66.7 Å². The number of imide groups is 1. The number of carbonyl (C=O) groups is 2. The number of alkyl halides is 3. The molecule has 2 aliphatic heterocycles. The number of phenolic OH excluding ortho intramolecular Hbond substituents is 1. The fraction of sp³-hybridized carbons (Fsp3) is 0.143. The molecule has 154 valence electrons. The van der Waals surface area contributed by atoms with Crippen molar-refractivity contribution in [2.24, 2.45) is 0 Å². The van der Waals surface area contributed by atoms with Crippen LogP contribution in [0, 0.1) is 12.7 Å². The summed E-state index contributed by atoms with van der Waals surface area (Å²) in [7, 11) is 0. The Hall–Kier alpha value is -3.62. The molecule has 4 rings (SSSR count). The van der Waals surface area contributed by atoms with Gasteiger partial charge in [0, 0.05) is 11.1 Å². The second-order valence-corrected chi connectivity index (χ2v) is 6.87. The summed E-state index contributed by atoms with van der Waals surface area (Å²) in [6, 6.07) is 3.52. The van der Waals surface area contributed by atoms with Gasteiger partial charge in [0.05, 0.1) is 11.3 Å². The van der Waals surface area contributed by atoms with Gasteiger partial charge < -0.3 is 10.4 Å². The van der Waals surface area contributed by atoms with E-state index in [0.717, 1.165) is 23.1 Å². The number of hydrogen-bond acceptors (Lipinski definition) is 4. The summed E-state index contributed by atoms with van der Waals surface area (Å²) >= 11 is 0. The van der Waals surface area contributed by atoms with Gasteiger partial charge in [0.15, 0.2) is 0 Å². The molecule has 1 atom stereocenters. The number of fused-ring (bicyclic) bond motifs is 1. The molecule has 9 heteroatoms. The topological polar surface area (TPSA) is 69.6 Å². The highest BCUT2D eigenvalue weighted by Crippen LogP contribution is 2.40. The molecule has 0 radical (unpaired) electrons. The molecular formula is C21H14F4N2O3. The summed E-state index contributed by atoms with van der Waals surface area (Å²) in [5, 5.41) is 13.0. The average Bonchev–Trinajstić information content (AvgIpc) is 2.92. The number of carbonyl (C=O) groups excluding carboxylic acids is 2. The number of rotatable bonds is 2. The number of allylic oxidation sites excluding steroid dienone is 1. The van der Waals surface area contributed by atoms with Crippen molar-refractivity contribution in [3.63, 3.8) is 0 Å². The van der Waals surface area contributed by atoms with E-state index in [0.29, 0.717) is 12.1 Å². The molecule has 2 N–H and O–H groups in total. The maximum absolute atomic E-state index is 14.1. The molecule has 2 aromatic rings. The largest absolute Gasteiger partial charge is 0.507 e. The van der Waals surface area contributed by atoms with Crippen LogP contribution in [-0.2, 0) is 11.0 Å². The van der Waals surface area contributed by atoms with Gasteiger partial charge in [0.2, 0.25) is 0 Å². The maximum Gasteiger partial charge on any atom is 0.416 e. The molecule has 0 aliphatic carbocycles. The number of nitrogens with one attached hydrogen (secondary N) is 1. The average molecular weight is 418 g/mol. The molecule has 0 aromatic heterocycles. The van der Waals surface area contributed by atoms with E-state index in [-0.39, 0.29) is 28.0 Å². The molecule has 2 heterocycles. The number of dihydropyridines is 1. The van der Waals surface area contributed by atoms with Gasteiger partial charge in [-0.1, -0.05) is 0 Å². The van der Waals surface area contributed by atoms with Crippen LogP contribution in [0.4, 0.5) is 17.6 Å². The summed E-state index contributed by atoms with van der Waals surface area (Å²) in [4.78, 5) is 26.6. The zero-order chi connectivity index (χ0) is 21.8. The van der Waals surface area contributed by atoms with Crippen LogP contribution in [0.25, 0.3) is 11.1 Å². The first-order valence-electron chi connectivity index (χ1n) is 8.82. The van der Waals surface area contributed by atoms with Gasteiger partial charge in [-0.25, -0.2) is 9.29 Å². The molecule has 0 spiro atoms. The van der Waals surface area contributed by atoms with Gasteiger partial charge in [-0.15, -0.1) is 0 Å². The number of amides is 2. The molecule has 0 fully saturated rings. The molecular weight excluding hydrogens is 404 g/mol. The monoisotopic (exact) mass is 418 g/mol. The van der Waals surface area contributed by atoms with Crippen LogP contribution >= 0.6 is 0 Å². The highest BCUT2D eigenvalue weighted by Gasteiger charge is 2.39. The van der Waals surface area contributed by atoms with Crippen LogP contribution in [0.15, 0.2) is 54.4 Å². The minimum absolute atomic E-state index is 0.129. The first kappa shape index (κ1) is 19.7. The van der Waals surface area contributed by atoms with Crippen molar-refractivity contribution in [3.05, 3.63) is 76.9 Å². The lowest BCUT2D eigenvalue weighted by atomic mass is 9.92. The van der Waals surface area contributed by atoms with Crippen molar-refractivity contribution >= 4 is 11.8 Å². The van der Waals surface area contributed by atoms with Crippen LogP contribution in [0.1, 0.15) is 21.5 Å². The highest BCUT2D eigenvalue weighted by molar-refractivity contribution is 6.13. The summed E-state index contributed by atoms with van der Waals surface area (Å²) in [5.41, 5.74) is -1.78. The van der Waals surface area contributed by atoms with E-state index in [4.69, 9.17) is 0 Å². The third-order valence-corrected chi connectivity index (χ3v) is 5.04. The van der Waals surface area contributed by atoms with Crippen LogP contribution in [0.5, 0.6) is 5.75 Å². The van der Waals surface area contributed by atoms with Crippen molar-refractivity contribution in [2.75, 3.05) is 0 Å². The molecule has 2 aliphatic rings. The Balaban J connectivity index is 1.92. The van der Waals surface area contributed by atoms with E-state index in [1.807, 2.05) is 0 Å². The molecule has 2 amide bonds.